The Kier molecular flexibility index (Phi) is 3.20. The third kappa shape index (κ3) is 2.53. The van der Waals surface area contributed by atoms with E-state index in [1.165, 1.54) is 24.3 Å². The molecular formula is C15H11FN2OS. The summed E-state index contributed by atoms with van der Waals surface area (Å²) in [5, 5.41) is 3.78. The van der Waals surface area contributed by atoms with Crippen LogP contribution in [-0.2, 0) is 0 Å². The lowest BCUT2D eigenvalue weighted by Gasteiger charge is -2.05. The van der Waals surface area contributed by atoms with Crippen LogP contribution in [0.5, 0.6) is 0 Å². The molecule has 0 aliphatic carbocycles. The van der Waals surface area contributed by atoms with Crippen LogP contribution in [0, 0.1) is 12.7 Å². The van der Waals surface area contributed by atoms with Crippen molar-refractivity contribution in [3.63, 3.8) is 0 Å². The molecule has 0 spiro atoms. The van der Waals surface area contributed by atoms with E-state index in [4.69, 9.17) is 0 Å². The summed E-state index contributed by atoms with van der Waals surface area (Å²) in [5.74, 6) is -0.617. The summed E-state index contributed by atoms with van der Waals surface area (Å²) in [6, 6.07) is 11.0. The van der Waals surface area contributed by atoms with Crippen LogP contribution in [-0.4, -0.2) is 10.9 Å². The van der Waals surface area contributed by atoms with Gasteiger partial charge < -0.3 is 5.32 Å². The number of amides is 1. The number of aryl methyl sites for hydroxylation is 1. The van der Waals surface area contributed by atoms with E-state index in [0.29, 0.717) is 11.3 Å². The molecule has 1 N–H and O–H groups in total. The molecular weight excluding hydrogens is 275 g/mol. The van der Waals surface area contributed by atoms with E-state index in [9.17, 15) is 9.18 Å². The standard InChI is InChI=1S/C15H11FN2OS/c1-9-17-13-7-6-12(8-14(13)20-9)18-15(19)10-2-4-11(16)5-3-10/h2-8H,1H3,(H,18,19). The number of anilines is 1. The van der Waals surface area contributed by atoms with Crippen molar-refractivity contribution in [2.75, 3.05) is 5.32 Å². The van der Waals surface area contributed by atoms with Crippen LogP contribution in [0.2, 0.25) is 0 Å². The smallest absolute Gasteiger partial charge is 0.255 e. The molecule has 3 rings (SSSR count). The number of hydrogen-bond donors (Lipinski definition) is 1. The van der Waals surface area contributed by atoms with E-state index >= 15 is 0 Å². The molecule has 0 saturated carbocycles. The highest BCUT2D eigenvalue weighted by Gasteiger charge is 2.07. The minimum atomic E-state index is -0.358. The SMILES string of the molecule is Cc1nc2ccc(NC(=O)c3ccc(F)cc3)cc2s1. The van der Waals surface area contributed by atoms with Gasteiger partial charge in [-0.3, -0.25) is 4.79 Å². The second kappa shape index (κ2) is 5.02. The summed E-state index contributed by atoms with van der Waals surface area (Å²) < 4.78 is 13.8. The number of benzene rings is 2. The number of rotatable bonds is 2. The van der Waals surface area contributed by atoms with Crippen LogP contribution >= 0.6 is 11.3 Å². The maximum absolute atomic E-state index is 12.8. The Balaban J connectivity index is 1.84. The van der Waals surface area contributed by atoms with Crippen LogP contribution in [0.3, 0.4) is 0 Å². The number of carbonyl (C=O) groups is 1. The second-order valence-corrected chi connectivity index (χ2v) is 5.61. The monoisotopic (exact) mass is 286 g/mol. The lowest BCUT2D eigenvalue weighted by atomic mass is 10.2. The first-order valence-corrected chi connectivity index (χ1v) is 6.87. The zero-order valence-corrected chi connectivity index (χ0v) is 11.5. The molecule has 2 aromatic carbocycles. The largest absolute Gasteiger partial charge is 0.322 e. The normalized spacial score (nSPS) is 10.7. The van der Waals surface area contributed by atoms with Gasteiger partial charge in [-0.2, -0.15) is 0 Å². The summed E-state index contributed by atoms with van der Waals surface area (Å²) in [6.45, 7) is 1.95. The third-order valence-electron chi connectivity index (χ3n) is 2.86. The van der Waals surface area contributed by atoms with Gasteiger partial charge in [0, 0.05) is 11.3 Å². The summed E-state index contributed by atoms with van der Waals surface area (Å²) in [4.78, 5) is 16.4. The van der Waals surface area contributed by atoms with E-state index in [-0.39, 0.29) is 11.7 Å². The number of fused-ring (bicyclic) bond motifs is 1. The lowest BCUT2D eigenvalue weighted by molar-refractivity contribution is 0.102. The fourth-order valence-electron chi connectivity index (χ4n) is 1.92. The molecule has 0 atom stereocenters. The van der Waals surface area contributed by atoms with Crippen molar-refractivity contribution in [2.24, 2.45) is 0 Å². The summed E-state index contributed by atoms with van der Waals surface area (Å²) in [6.07, 6.45) is 0. The molecule has 0 bridgehead atoms. The minimum Gasteiger partial charge on any atom is -0.322 e. The van der Waals surface area contributed by atoms with Crippen molar-refractivity contribution in [1.82, 2.24) is 4.98 Å². The van der Waals surface area contributed by atoms with Gasteiger partial charge in [0.2, 0.25) is 0 Å². The Morgan fingerprint density at radius 2 is 1.95 bits per heavy atom. The van der Waals surface area contributed by atoms with Crippen molar-refractivity contribution in [3.05, 3.63) is 58.9 Å². The topological polar surface area (TPSA) is 42.0 Å². The maximum Gasteiger partial charge on any atom is 0.255 e. The first kappa shape index (κ1) is 12.7. The molecule has 0 radical (unpaired) electrons. The van der Waals surface area contributed by atoms with Gasteiger partial charge in [-0.05, 0) is 49.4 Å². The van der Waals surface area contributed by atoms with Gasteiger partial charge in [0.1, 0.15) is 5.82 Å². The fourth-order valence-corrected chi connectivity index (χ4v) is 2.79. The van der Waals surface area contributed by atoms with E-state index in [0.717, 1.165) is 15.2 Å². The van der Waals surface area contributed by atoms with Gasteiger partial charge >= 0.3 is 0 Å². The summed E-state index contributed by atoms with van der Waals surface area (Å²) in [7, 11) is 0. The maximum atomic E-state index is 12.8. The zero-order valence-electron chi connectivity index (χ0n) is 10.7. The third-order valence-corrected chi connectivity index (χ3v) is 3.79. The average molecular weight is 286 g/mol. The molecule has 100 valence electrons. The highest BCUT2D eigenvalue weighted by molar-refractivity contribution is 7.18. The van der Waals surface area contributed by atoms with Gasteiger partial charge in [-0.25, -0.2) is 9.37 Å². The Morgan fingerprint density at radius 3 is 2.70 bits per heavy atom. The lowest BCUT2D eigenvalue weighted by Crippen LogP contribution is -2.11. The van der Waals surface area contributed by atoms with Crippen LogP contribution in [0.15, 0.2) is 42.5 Å². The van der Waals surface area contributed by atoms with E-state index in [1.54, 1.807) is 11.3 Å². The number of thiazole rings is 1. The highest BCUT2D eigenvalue weighted by Crippen LogP contribution is 2.25. The average Bonchev–Trinajstić information content (AvgIpc) is 2.78. The molecule has 0 saturated heterocycles. The number of carbonyl (C=O) groups excluding carboxylic acids is 1. The predicted octanol–water partition coefficient (Wildman–Crippen LogP) is 4.00. The molecule has 20 heavy (non-hydrogen) atoms. The molecule has 3 nitrogen and oxygen atoms in total. The minimum absolute atomic E-state index is 0.259. The van der Waals surface area contributed by atoms with Gasteiger partial charge in [0.25, 0.3) is 5.91 Å². The Hall–Kier alpha value is -2.27. The van der Waals surface area contributed by atoms with Crippen molar-refractivity contribution in [2.45, 2.75) is 6.92 Å². The van der Waals surface area contributed by atoms with Crippen LogP contribution in [0.4, 0.5) is 10.1 Å². The van der Waals surface area contributed by atoms with Crippen LogP contribution in [0.25, 0.3) is 10.2 Å². The Morgan fingerprint density at radius 1 is 1.20 bits per heavy atom. The van der Waals surface area contributed by atoms with Crippen molar-refractivity contribution in [3.8, 4) is 0 Å². The van der Waals surface area contributed by atoms with Gasteiger partial charge in [-0.15, -0.1) is 11.3 Å². The van der Waals surface area contributed by atoms with E-state index in [1.807, 2.05) is 25.1 Å². The summed E-state index contributed by atoms with van der Waals surface area (Å²) in [5.41, 5.74) is 2.05. The fraction of sp³-hybridized carbons (Fsp3) is 0.0667. The second-order valence-electron chi connectivity index (χ2n) is 4.38. The number of aromatic nitrogens is 1. The Bertz CT molecular complexity index is 780. The molecule has 0 unspecified atom stereocenters. The quantitative estimate of drug-likeness (QED) is 0.773. The predicted molar refractivity (Wildman–Crippen MR) is 78.7 cm³/mol. The molecule has 0 aliphatic rings. The van der Waals surface area contributed by atoms with E-state index in [2.05, 4.69) is 10.3 Å². The number of nitrogens with one attached hydrogen (secondary N) is 1. The molecule has 1 amide bonds. The first-order chi connectivity index (χ1) is 9.61. The molecule has 0 fully saturated rings. The van der Waals surface area contributed by atoms with Crippen LogP contribution in [0.1, 0.15) is 15.4 Å². The molecule has 1 aromatic heterocycles. The number of halogens is 1. The van der Waals surface area contributed by atoms with Crippen LogP contribution < -0.4 is 5.32 Å². The molecule has 3 aromatic rings. The molecule has 0 aliphatic heterocycles. The summed E-state index contributed by atoms with van der Waals surface area (Å²) >= 11 is 1.58. The number of hydrogen-bond acceptors (Lipinski definition) is 3. The van der Waals surface area contributed by atoms with Gasteiger partial charge in [0.05, 0.1) is 15.2 Å². The number of nitrogens with zero attached hydrogens (tertiary/aromatic N) is 1. The van der Waals surface area contributed by atoms with Crippen molar-refractivity contribution >= 4 is 33.1 Å². The van der Waals surface area contributed by atoms with Gasteiger partial charge in [0.15, 0.2) is 0 Å². The first-order valence-electron chi connectivity index (χ1n) is 6.06. The van der Waals surface area contributed by atoms with Crippen molar-refractivity contribution in [1.29, 1.82) is 0 Å². The van der Waals surface area contributed by atoms with E-state index < -0.39 is 0 Å². The Labute approximate surface area is 119 Å². The zero-order chi connectivity index (χ0) is 14.1. The highest BCUT2D eigenvalue weighted by atomic mass is 32.1. The van der Waals surface area contributed by atoms with Crippen molar-refractivity contribution < 1.29 is 9.18 Å². The molecule has 1 heterocycles. The van der Waals surface area contributed by atoms with Gasteiger partial charge in [-0.1, -0.05) is 0 Å². The molecule has 5 heteroatoms.